The maximum Gasteiger partial charge on any atom is 0.223 e. The van der Waals surface area contributed by atoms with Crippen molar-refractivity contribution in [2.75, 3.05) is 0 Å². The molecule has 0 spiro atoms. The molecule has 110 valence electrons. The molecule has 21 heavy (non-hydrogen) atoms. The maximum atomic E-state index is 12.3. The van der Waals surface area contributed by atoms with Crippen LogP contribution >= 0.6 is 0 Å². The second kappa shape index (κ2) is 5.63. The SMILES string of the molecule is Cc1ncnc(C)c1CNC(=O)C1CCn2ccnc2C1. The number of aromatic nitrogens is 4. The van der Waals surface area contributed by atoms with Crippen LogP contribution in [0.25, 0.3) is 0 Å². The molecule has 1 unspecified atom stereocenters. The summed E-state index contributed by atoms with van der Waals surface area (Å²) in [7, 11) is 0. The van der Waals surface area contributed by atoms with Crippen LogP contribution in [0.15, 0.2) is 18.7 Å². The summed E-state index contributed by atoms with van der Waals surface area (Å²) >= 11 is 0. The van der Waals surface area contributed by atoms with Gasteiger partial charge < -0.3 is 9.88 Å². The van der Waals surface area contributed by atoms with Crippen LogP contribution in [0.3, 0.4) is 0 Å². The fourth-order valence-corrected chi connectivity index (χ4v) is 2.77. The summed E-state index contributed by atoms with van der Waals surface area (Å²) in [6, 6.07) is 0. The predicted octanol–water partition coefficient (Wildman–Crippen LogP) is 1.17. The van der Waals surface area contributed by atoms with E-state index in [1.807, 2.05) is 20.0 Å². The summed E-state index contributed by atoms with van der Waals surface area (Å²) in [5.41, 5.74) is 2.84. The zero-order valence-corrected chi connectivity index (χ0v) is 12.3. The molecule has 0 saturated heterocycles. The molecule has 0 radical (unpaired) electrons. The van der Waals surface area contributed by atoms with Gasteiger partial charge in [0, 0.05) is 54.8 Å². The van der Waals surface area contributed by atoms with Gasteiger partial charge >= 0.3 is 0 Å². The first-order valence-electron chi connectivity index (χ1n) is 7.20. The average Bonchev–Trinajstić information content (AvgIpc) is 2.93. The smallest absolute Gasteiger partial charge is 0.223 e. The lowest BCUT2D eigenvalue weighted by Crippen LogP contribution is -2.35. The van der Waals surface area contributed by atoms with E-state index >= 15 is 0 Å². The quantitative estimate of drug-likeness (QED) is 0.918. The molecule has 6 nitrogen and oxygen atoms in total. The van der Waals surface area contributed by atoms with Crippen LogP contribution in [0.2, 0.25) is 0 Å². The van der Waals surface area contributed by atoms with Crippen LogP contribution in [0, 0.1) is 19.8 Å². The number of aryl methyl sites for hydroxylation is 3. The van der Waals surface area contributed by atoms with E-state index < -0.39 is 0 Å². The van der Waals surface area contributed by atoms with Crippen molar-refractivity contribution in [1.82, 2.24) is 24.8 Å². The highest BCUT2D eigenvalue weighted by Gasteiger charge is 2.25. The van der Waals surface area contributed by atoms with Gasteiger partial charge in [-0.05, 0) is 20.3 Å². The first-order chi connectivity index (χ1) is 10.1. The average molecular weight is 285 g/mol. The van der Waals surface area contributed by atoms with Gasteiger partial charge in [0.1, 0.15) is 12.2 Å². The molecule has 0 aliphatic carbocycles. The Labute approximate surface area is 123 Å². The summed E-state index contributed by atoms with van der Waals surface area (Å²) in [5, 5.41) is 3.02. The number of carbonyl (C=O) groups excluding carboxylic acids is 1. The van der Waals surface area contributed by atoms with Crippen molar-refractivity contribution in [1.29, 1.82) is 0 Å². The minimum absolute atomic E-state index is 0.00476. The Bertz CT molecular complexity index is 644. The Morgan fingerprint density at radius 1 is 1.33 bits per heavy atom. The highest BCUT2D eigenvalue weighted by molar-refractivity contribution is 5.79. The Morgan fingerprint density at radius 3 is 2.86 bits per heavy atom. The highest BCUT2D eigenvalue weighted by atomic mass is 16.1. The number of nitrogens with one attached hydrogen (secondary N) is 1. The van der Waals surface area contributed by atoms with Crippen LogP contribution in [0.1, 0.15) is 29.2 Å². The molecule has 0 aromatic carbocycles. The minimum Gasteiger partial charge on any atom is -0.352 e. The van der Waals surface area contributed by atoms with Crippen LogP contribution in [0.4, 0.5) is 0 Å². The second-order valence-corrected chi connectivity index (χ2v) is 5.47. The number of hydrogen-bond acceptors (Lipinski definition) is 4. The molecule has 6 heteroatoms. The van der Waals surface area contributed by atoms with Gasteiger partial charge in [0.15, 0.2) is 0 Å². The molecular formula is C15H19N5O. The number of hydrogen-bond donors (Lipinski definition) is 1. The zero-order chi connectivity index (χ0) is 14.8. The molecule has 1 amide bonds. The Morgan fingerprint density at radius 2 is 2.10 bits per heavy atom. The molecule has 1 aliphatic heterocycles. The van der Waals surface area contributed by atoms with Crippen LogP contribution in [-0.4, -0.2) is 25.4 Å². The summed E-state index contributed by atoms with van der Waals surface area (Å²) in [6.07, 6.45) is 6.89. The minimum atomic E-state index is 0.00476. The molecule has 1 N–H and O–H groups in total. The maximum absolute atomic E-state index is 12.3. The summed E-state index contributed by atoms with van der Waals surface area (Å²) in [5.74, 6) is 1.09. The fraction of sp³-hybridized carbons (Fsp3) is 0.467. The third-order valence-electron chi connectivity index (χ3n) is 4.14. The molecule has 0 saturated carbocycles. The Hall–Kier alpha value is -2.24. The van der Waals surface area contributed by atoms with Crippen LogP contribution < -0.4 is 5.32 Å². The van der Waals surface area contributed by atoms with Gasteiger partial charge in [-0.15, -0.1) is 0 Å². The van der Waals surface area contributed by atoms with Crippen LogP contribution in [-0.2, 0) is 24.3 Å². The first kappa shape index (κ1) is 13.7. The zero-order valence-electron chi connectivity index (χ0n) is 12.3. The van der Waals surface area contributed by atoms with E-state index in [1.165, 1.54) is 0 Å². The first-order valence-corrected chi connectivity index (χ1v) is 7.20. The molecule has 2 aromatic rings. The van der Waals surface area contributed by atoms with E-state index in [-0.39, 0.29) is 11.8 Å². The standard InChI is InChI=1S/C15H19N5O/c1-10-13(11(2)19-9-18-10)8-17-15(21)12-3-5-20-6-4-16-14(20)7-12/h4,6,9,12H,3,5,7-8H2,1-2H3,(H,17,21). The lowest BCUT2D eigenvalue weighted by atomic mass is 9.97. The Balaban J connectivity index is 1.63. The van der Waals surface area contributed by atoms with E-state index in [9.17, 15) is 4.79 Å². The number of nitrogens with zero attached hydrogens (tertiary/aromatic N) is 4. The molecular weight excluding hydrogens is 266 g/mol. The molecule has 3 rings (SSSR count). The molecule has 0 fully saturated rings. The van der Waals surface area contributed by atoms with Gasteiger partial charge in [-0.2, -0.15) is 0 Å². The molecule has 1 aliphatic rings. The third-order valence-corrected chi connectivity index (χ3v) is 4.14. The van der Waals surface area contributed by atoms with Gasteiger partial charge in [0.2, 0.25) is 5.91 Å². The fourth-order valence-electron chi connectivity index (χ4n) is 2.77. The summed E-state index contributed by atoms with van der Waals surface area (Å²) < 4.78 is 2.11. The van der Waals surface area contributed by atoms with E-state index in [0.717, 1.165) is 35.7 Å². The lowest BCUT2D eigenvalue weighted by molar-refractivity contribution is -0.125. The number of carbonyl (C=O) groups is 1. The Kier molecular flexibility index (Phi) is 3.68. The largest absolute Gasteiger partial charge is 0.352 e. The van der Waals surface area contributed by atoms with Gasteiger partial charge in [0.05, 0.1) is 0 Å². The predicted molar refractivity (Wildman–Crippen MR) is 77.4 cm³/mol. The number of fused-ring (bicyclic) bond motifs is 1. The van der Waals surface area contributed by atoms with E-state index in [0.29, 0.717) is 13.0 Å². The van der Waals surface area contributed by atoms with Gasteiger partial charge in [-0.25, -0.2) is 15.0 Å². The summed E-state index contributed by atoms with van der Waals surface area (Å²) in [6.45, 7) is 5.23. The van der Waals surface area contributed by atoms with E-state index in [1.54, 1.807) is 12.5 Å². The lowest BCUT2D eigenvalue weighted by Gasteiger charge is -2.22. The third kappa shape index (κ3) is 2.79. The highest BCUT2D eigenvalue weighted by Crippen LogP contribution is 2.19. The second-order valence-electron chi connectivity index (χ2n) is 5.47. The van der Waals surface area contributed by atoms with Crippen molar-refractivity contribution < 1.29 is 4.79 Å². The molecule has 3 heterocycles. The van der Waals surface area contributed by atoms with E-state index in [2.05, 4.69) is 24.8 Å². The van der Waals surface area contributed by atoms with Crippen LogP contribution in [0.5, 0.6) is 0 Å². The van der Waals surface area contributed by atoms with Gasteiger partial charge in [-0.1, -0.05) is 0 Å². The molecule has 1 atom stereocenters. The van der Waals surface area contributed by atoms with Crippen molar-refractivity contribution >= 4 is 5.91 Å². The normalized spacial score (nSPS) is 17.3. The number of rotatable bonds is 3. The van der Waals surface area contributed by atoms with Crippen molar-refractivity contribution in [3.05, 3.63) is 41.5 Å². The van der Waals surface area contributed by atoms with Crippen molar-refractivity contribution in [3.63, 3.8) is 0 Å². The van der Waals surface area contributed by atoms with Crippen molar-refractivity contribution in [3.8, 4) is 0 Å². The number of imidazole rings is 1. The molecule has 0 bridgehead atoms. The monoisotopic (exact) mass is 285 g/mol. The van der Waals surface area contributed by atoms with E-state index in [4.69, 9.17) is 0 Å². The molecule has 2 aromatic heterocycles. The van der Waals surface area contributed by atoms with Crippen molar-refractivity contribution in [2.45, 2.75) is 39.8 Å². The topological polar surface area (TPSA) is 72.7 Å². The van der Waals surface area contributed by atoms with Gasteiger partial charge in [-0.3, -0.25) is 4.79 Å². The number of amides is 1. The summed E-state index contributed by atoms with van der Waals surface area (Å²) in [4.78, 5) is 25.0. The van der Waals surface area contributed by atoms with Gasteiger partial charge in [0.25, 0.3) is 0 Å². The van der Waals surface area contributed by atoms with Crippen molar-refractivity contribution in [2.24, 2.45) is 5.92 Å².